The summed E-state index contributed by atoms with van der Waals surface area (Å²) in [5.74, 6) is 0. The zero-order valence-electron chi connectivity index (χ0n) is 3.05. The molecule has 3 N–H and O–H groups in total. The monoisotopic (exact) mass is 193 g/mol. The summed E-state index contributed by atoms with van der Waals surface area (Å²) in [6, 6.07) is 0. The van der Waals surface area contributed by atoms with E-state index >= 15 is 0 Å². The van der Waals surface area contributed by atoms with Crippen LogP contribution in [0.4, 0.5) is 4.70 Å². The molecule has 0 fully saturated rings. The maximum absolute atomic E-state index is 8.88. The zero-order chi connectivity index (χ0) is 4.50. The molecule has 0 aliphatic rings. The summed E-state index contributed by atoms with van der Waals surface area (Å²) in [6.07, 6.45) is 0. The Morgan fingerprint density at radius 1 is 1.12 bits per heavy atom. The number of rotatable bonds is 0. The Hall–Kier alpha value is 1.62. The molecule has 1 radical (unpaired) electrons. The van der Waals surface area contributed by atoms with E-state index in [2.05, 4.69) is 0 Å². The number of hydrogen-bond donors (Lipinski definition) is 3. The van der Waals surface area contributed by atoms with Gasteiger partial charge in [-0.2, -0.15) is 0 Å². The van der Waals surface area contributed by atoms with Gasteiger partial charge < -0.3 is 14.7 Å². The molecule has 0 aromatic rings. The van der Waals surface area contributed by atoms with Gasteiger partial charge in [-0.3, -0.25) is 4.70 Å². The van der Waals surface area contributed by atoms with Crippen molar-refractivity contribution < 1.29 is 42.5 Å². The third-order valence-electron chi connectivity index (χ3n) is 0. The fourth-order valence-electron chi connectivity index (χ4n) is 0. The van der Waals surface area contributed by atoms with Crippen molar-refractivity contribution in [2.24, 2.45) is 0 Å². The van der Waals surface area contributed by atoms with E-state index in [4.69, 9.17) is 19.2 Å². The average Bonchev–Trinajstić information content (AvgIpc) is 0.722. The Balaban J connectivity index is -0.0000000267. The standard InChI is InChI=1S/FH.Na.H3O4P.V.H/c;;1-5(2,3)4;;/h1H;;(H3,1,2,3,4);;. The van der Waals surface area contributed by atoms with Crippen LogP contribution in [-0.4, -0.2) is 44.2 Å². The molecule has 0 spiro atoms. The first kappa shape index (κ1) is 22.6. The second-order valence-corrected chi connectivity index (χ2v) is 1.54. The van der Waals surface area contributed by atoms with Gasteiger partial charge in [-0.15, -0.1) is 0 Å². The van der Waals surface area contributed by atoms with Crippen molar-refractivity contribution in [1.29, 1.82) is 0 Å². The molecule has 0 unspecified atom stereocenters. The molecule has 8 heavy (non-hydrogen) atoms. The smallest absolute Gasteiger partial charge is 0 e. The maximum Gasteiger partial charge on any atom is 0 e. The van der Waals surface area contributed by atoms with Crippen LogP contribution in [0.2, 0.25) is 0 Å². The Bertz CT molecular complexity index is 62.2. The minimum Gasteiger partial charge on any atom is 0 e. The molecule has 0 aliphatic heterocycles. The zero-order valence-corrected chi connectivity index (χ0v) is 5.34. The van der Waals surface area contributed by atoms with Gasteiger partial charge in [-0.25, -0.2) is 4.57 Å². The van der Waals surface area contributed by atoms with Gasteiger partial charge in [-0.05, 0) is 0 Å². The van der Waals surface area contributed by atoms with E-state index in [1.807, 2.05) is 0 Å². The van der Waals surface area contributed by atoms with Gasteiger partial charge in [0.2, 0.25) is 0 Å². The molecular formula is H5FNaO4PV. The van der Waals surface area contributed by atoms with Gasteiger partial charge in [0.1, 0.15) is 0 Å². The molecule has 0 saturated heterocycles. The Kier molecular flexibility index (Phi) is 24.4. The summed E-state index contributed by atoms with van der Waals surface area (Å²) < 4.78 is 8.88. The summed E-state index contributed by atoms with van der Waals surface area (Å²) in [7, 11) is -4.64. The first-order valence-electron chi connectivity index (χ1n) is 0.783. The Morgan fingerprint density at radius 2 is 1.12 bits per heavy atom. The van der Waals surface area contributed by atoms with E-state index in [1.165, 1.54) is 0 Å². The van der Waals surface area contributed by atoms with Crippen LogP contribution in [0.5, 0.6) is 0 Å². The quantitative estimate of drug-likeness (QED) is 0.325. The van der Waals surface area contributed by atoms with Crippen LogP contribution >= 0.6 is 7.82 Å². The molecule has 0 atom stereocenters. The van der Waals surface area contributed by atoms with Crippen molar-refractivity contribution in [3.05, 3.63) is 0 Å². The third kappa shape index (κ3) is 127. The van der Waals surface area contributed by atoms with Crippen molar-refractivity contribution in [2.75, 3.05) is 0 Å². The van der Waals surface area contributed by atoms with Crippen molar-refractivity contribution in [1.82, 2.24) is 0 Å². The Labute approximate surface area is 79.5 Å². The van der Waals surface area contributed by atoms with Crippen LogP contribution < -0.4 is 0 Å². The average molecular weight is 193 g/mol. The van der Waals surface area contributed by atoms with E-state index in [0.29, 0.717) is 0 Å². The first-order valence-corrected chi connectivity index (χ1v) is 2.35. The molecule has 0 aromatic carbocycles. The summed E-state index contributed by atoms with van der Waals surface area (Å²) in [5, 5.41) is 0. The molecule has 0 bridgehead atoms. The summed E-state index contributed by atoms with van der Waals surface area (Å²) in [5.41, 5.74) is 0. The topological polar surface area (TPSA) is 77.8 Å². The van der Waals surface area contributed by atoms with Gasteiger partial charge in [0.15, 0.2) is 0 Å². The molecule has 0 saturated carbocycles. The minimum atomic E-state index is -4.64. The summed E-state index contributed by atoms with van der Waals surface area (Å²) in [4.78, 5) is 21.6. The van der Waals surface area contributed by atoms with Gasteiger partial charge in [0, 0.05) is 18.6 Å². The van der Waals surface area contributed by atoms with Crippen molar-refractivity contribution >= 4 is 37.4 Å². The molecule has 0 heterocycles. The van der Waals surface area contributed by atoms with Crippen molar-refractivity contribution in [2.45, 2.75) is 0 Å². The molecule has 0 aliphatic carbocycles. The fourth-order valence-corrected chi connectivity index (χ4v) is 0. The minimum absolute atomic E-state index is 0. The van der Waals surface area contributed by atoms with Crippen molar-refractivity contribution in [3.63, 3.8) is 0 Å². The molecular weight excluding hydrogens is 188 g/mol. The van der Waals surface area contributed by atoms with Gasteiger partial charge >= 0.3 is 37.4 Å². The van der Waals surface area contributed by atoms with Crippen LogP contribution in [0, 0.1) is 0 Å². The van der Waals surface area contributed by atoms with E-state index in [9.17, 15) is 0 Å². The first-order chi connectivity index (χ1) is 2.00. The van der Waals surface area contributed by atoms with Crippen LogP contribution in [0.3, 0.4) is 0 Å². The van der Waals surface area contributed by atoms with Gasteiger partial charge in [0.05, 0.1) is 0 Å². The predicted molar refractivity (Wildman–Crippen MR) is 23.9 cm³/mol. The molecule has 47 valence electrons. The van der Waals surface area contributed by atoms with Gasteiger partial charge in [0.25, 0.3) is 0 Å². The van der Waals surface area contributed by atoms with Gasteiger partial charge in [-0.1, -0.05) is 0 Å². The Morgan fingerprint density at radius 3 is 1.12 bits per heavy atom. The predicted octanol–water partition coefficient (Wildman–Crippen LogP) is -1.43. The molecule has 0 aromatic heterocycles. The molecule has 4 nitrogen and oxygen atoms in total. The molecule has 0 amide bonds. The van der Waals surface area contributed by atoms with Crippen molar-refractivity contribution in [3.8, 4) is 0 Å². The van der Waals surface area contributed by atoms with Crippen LogP contribution in [-0.2, 0) is 23.1 Å². The van der Waals surface area contributed by atoms with Crippen LogP contribution in [0.15, 0.2) is 0 Å². The van der Waals surface area contributed by atoms with E-state index < -0.39 is 7.82 Å². The number of halogens is 1. The fraction of sp³-hybridized carbons (Fsp3) is 0. The van der Waals surface area contributed by atoms with Crippen LogP contribution in [0.1, 0.15) is 0 Å². The SMILES string of the molecule is F.O=P(O)(O)O.[NaH].[V]. The maximum atomic E-state index is 8.88. The third-order valence-corrected chi connectivity index (χ3v) is 0. The van der Waals surface area contributed by atoms with E-state index in [-0.39, 0.29) is 52.8 Å². The van der Waals surface area contributed by atoms with E-state index in [1.54, 1.807) is 0 Å². The summed E-state index contributed by atoms with van der Waals surface area (Å²) in [6.45, 7) is 0. The number of phosphoric acid groups is 1. The second kappa shape index (κ2) is 8.62. The van der Waals surface area contributed by atoms with E-state index in [0.717, 1.165) is 0 Å². The molecule has 0 rings (SSSR count). The van der Waals surface area contributed by atoms with Crippen LogP contribution in [0.25, 0.3) is 0 Å². The normalized spacial score (nSPS) is 7.38. The second-order valence-electron chi connectivity index (χ2n) is 0.513. The summed E-state index contributed by atoms with van der Waals surface area (Å²) >= 11 is 0. The number of hydrogen-bond acceptors (Lipinski definition) is 1. The largest absolute Gasteiger partial charge is 0 e. The molecule has 8 heteroatoms.